The Hall–Kier alpha value is -1.98. The van der Waals surface area contributed by atoms with Crippen LogP contribution < -0.4 is 9.46 Å². The predicted molar refractivity (Wildman–Crippen MR) is 115 cm³/mol. The van der Waals surface area contributed by atoms with E-state index in [0.717, 1.165) is 48.6 Å². The number of fused-ring (bicyclic) bond motifs is 2. The number of carbonyl (C=O) groups excluding carboxylic acids is 1. The molecule has 0 spiro atoms. The number of likely N-dealkylation sites (N-methyl/N-ethyl adjacent to an activating group) is 1. The van der Waals surface area contributed by atoms with E-state index in [1.54, 1.807) is 7.11 Å². The molecule has 2 aromatic carbocycles. The van der Waals surface area contributed by atoms with E-state index in [9.17, 15) is 4.79 Å². The Labute approximate surface area is 171 Å². The predicted octanol–water partition coefficient (Wildman–Crippen LogP) is 4.18. The monoisotopic (exact) mass is 396 g/mol. The first-order valence-corrected chi connectivity index (χ1v) is 11.0. The van der Waals surface area contributed by atoms with Crippen molar-refractivity contribution in [3.05, 3.63) is 64.2 Å². The van der Waals surface area contributed by atoms with Gasteiger partial charge in [0.15, 0.2) is 0 Å². The van der Waals surface area contributed by atoms with Gasteiger partial charge >= 0.3 is 0 Å². The highest BCUT2D eigenvalue weighted by Crippen LogP contribution is 2.36. The van der Waals surface area contributed by atoms with E-state index in [1.165, 1.54) is 41.5 Å². The largest absolute Gasteiger partial charge is 0.496 e. The zero-order valence-corrected chi connectivity index (χ0v) is 17.5. The third-order valence-corrected chi connectivity index (χ3v) is 6.71. The van der Waals surface area contributed by atoms with Crippen molar-refractivity contribution in [1.29, 1.82) is 0 Å². The SMILES string of the molecule is COc1cccc2c1CCCC2CN(C)CCc1ccc2c(c1)CSNC2=O. The minimum Gasteiger partial charge on any atom is -0.496 e. The molecular weight excluding hydrogens is 368 g/mol. The minimum atomic E-state index is 0.0290. The molecule has 1 heterocycles. The lowest BCUT2D eigenvalue weighted by Crippen LogP contribution is -2.29. The fourth-order valence-corrected chi connectivity index (χ4v) is 5.17. The molecule has 0 fully saturated rings. The van der Waals surface area contributed by atoms with Crippen LogP contribution in [0.5, 0.6) is 5.75 Å². The molecule has 0 bridgehead atoms. The summed E-state index contributed by atoms with van der Waals surface area (Å²) >= 11 is 1.48. The Morgan fingerprint density at radius 1 is 1.29 bits per heavy atom. The molecule has 0 saturated heterocycles. The van der Waals surface area contributed by atoms with E-state index in [2.05, 4.69) is 47.0 Å². The Bertz CT molecular complexity index is 868. The van der Waals surface area contributed by atoms with Gasteiger partial charge in [0.2, 0.25) is 0 Å². The maximum Gasteiger partial charge on any atom is 0.261 e. The van der Waals surface area contributed by atoms with Gasteiger partial charge in [-0.05, 0) is 85.0 Å². The molecule has 0 aromatic heterocycles. The molecule has 1 aliphatic carbocycles. The molecule has 0 saturated carbocycles. The van der Waals surface area contributed by atoms with Crippen molar-refractivity contribution in [1.82, 2.24) is 9.62 Å². The smallest absolute Gasteiger partial charge is 0.261 e. The first-order chi connectivity index (χ1) is 13.7. The molecule has 28 heavy (non-hydrogen) atoms. The zero-order valence-electron chi connectivity index (χ0n) is 16.7. The van der Waals surface area contributed by atoms with Gasteiger partial charge in [-0.3, -0.25) is 9.52 Å². The summed E-state index contributed by atoms with van der Waals surface area (Å²) in [5.74, 6) is 2.50. The summed E-state index contributed by atoms with van der Waals surface area (Å²) in [6, 6.07) is 12.8. The maximum absolute atomic E-state index is 11.9. The highest BCUT2D eigenvalue weighted by atomic mass is 32.2. The number of hydrogen-bond donors (Lipinski definition) is 1. The van der Waals surface area contributed by atoms with Crippen molar-refractivity contribution in [2.24, 2.45) is 0 Å². The molecule has 0 radical (unpaired) electrons. The van der Waals surface area contributed by atoms with Gasteiger partial charge in [-0.2, -0.15) is 0 Å². The molecule has 2 aromatic rings. The van der Waals surface area contributed by atoms with Gasteiger partial charge in [0.1, 0.15) is 5.75 Å². The van der Waals surface area contributed by atoms with Crippen molar-refractivity contribution in [2.75, 3.05) is 27.2 Å². The second-order valence-corrected chi connectivity index (χ2v) is 8.62. The van der Waals surface area contributed by atoms with Crippen LogP contribution in [0.3, 0.4) is 0 Å². The fraction of sp³-hybridized carbons (Fsp3) is 0.435. The molecule has 1 amide bonds. The molecule has 1 atom stereocenters. The summed E-state index contributed by atoms with van der Waals surface area (Å²) in [6.45, 7) is 2.09. The van der Waals surface area contributed by atoms with Gasteiger partial charge < -0.3 is 9.64 Å². The molecule has 2 aliphatic rings. The first kappa shape index (κ1) is 19.3. The van der Waals surface area contributed by atoms with Crippen molar-refractivity contribution >= 4 is 17.9 Å². The van der Waals surface area contributed by atoms with Crippen LogP contribution in [0, 0.1) is 0 Å². The molecular formula is C23H28N2O2S. The average Bonchev–Trinajstić information content (AvgIpc) is 2.72. The Kier molecular flexibility index (Phi) is 5.93. The van der Waals surface area contributed by atoms with E-state index < -0.39 is 0 Å². The molecule has 4 nitrogen and oxygen atoms in total. The highest BCUT2D eigenvalue weighted by Gasteiger charge is 2.24. The topological polar surface area (TPSA) is 41.6 Å². The summed E-state index contributed by atoms with van der Waals surface area (Å²) < 4.78 is 8.41. The lowest BCUT2D eigenvalue weighted by atomic mass is 9.82. The number of nitrogens with one attached hydrogen (secondary N) is 1. The van der Waals surface area contributed by atoms with Crippen LogP contribution in [0.1, 0.15) is 51.4 Å². The van der Waals surface area contributed by atoms with E-state index >= 15 is 0 Å². The summed E-state index contributed by atoms with van der Waals surface area (Å²) in [5, 5.41) is 0. The Balaban J connectivity index is 1.38. The third kappa shape index (κ3) is 4.06. The highest BCUT2D eigenvalue weighted by molar-refractivity contribution is 7.97. The second-order valence-electron chi connectivity index (χ2n) is 7.84. The van der Waals surface area contributed by atoms with Crippen molar-refractivity contribution in [3.63, 3.8) is 0 Å². The maximum atomic E-state index is 11.9. The van der Waals surface area contributed by atoms with Gasteiger partial charge in [-0.1, -0.05) is 24.3 Å². The molecule has 4 rings (SSSR count). The van der Waals surface area contributed by atoms with Gasteiger partial charge in [0.05, 0.1) is 7.11 Å². The number of carbonyl (C=O) groups is 1. The van der Waals surface area contributed by atoms with Crippen LogP contribution in [-0.2, 0) is 18.6 Å². The van der Waals surface area contributed by atoms with Crippen LogP contribution >= 0.6 is 11.9 Å². The number of hydrogen-bond acceptors (Lipinski definition) is 4. The summed E-state index contributed by atoms with van der Waals surface area (Å²) in [6.07, 6.45) is 4.61. The number of benzene rings is 2. The van der Waals surface area contributed by atoms with Gasteiger partial charge in [0.25, 0.3) is 5.91 Å². The zero-order chi connectivity index (χ0) is 19.5. The lowest BCUT2D eigenvalue weighted by molar-refractivity contribution is 0.0982. The molecule has 1 aliphatic heterocycles. The van der Waals surface area contributed by atoms with Gasteiger partial charge in [0, 0.05) is 24.4 Å². The van der Waals surface area contributed by atoms with Crippen LogP contribution in [0.25, 0.3) is 0 Å². The number of ether oxygens (including phenoxy) is 1. The van der Waals surface area contributed by atoms with Gasteiger partial charge in [-0.25, -0.2) is 0 Å². The fourth-order valence-electron chi connectivity index (χ4n) is 4.46. The number of amides is 1. The van der Waals surface area contributed by atoms with Crippen LogP contribution in [0.2, 0.25) is 0 Å². The molecule has 1 unspecified atom stereocenters. The van der Waals surface area contributed by atoms with E-state index in [0.29, 0.717) is 5.92 Å². The Morgan fingerprint density at radius 3 is 3.04 bits per heavy atom. The van der Waals surface area contributed by atoms with E-state index in [1.807, 2.05) is 6.07 Å². The normalized spacial score (nSPS) is 18.4. The quantitative estimate of drug-likeness (QED) is 0.744. The molecule has 5 heteroatoms. The van der Waals surface area contributed by atoms with Crippen molar-refractivity contribution < 1.29 is 9.53 Å². The van der Waals surface area contributed by atoms with Gasteiger partial charge in [-0.15, -0.1) is 0 Å². The van der Waals surface area contributed by atoms with Crippen LogP contribution in [0.4, 0.5) is 0 Å². The minimum absolute atomic E-state index is 0.0290. The van der Waals surface area contributed by atoms with E-state index in [4.69, 9.17) is 4.74 Å². The summed E-state index contributed by atoms with van der Waals surface area (Å²) in [4.78, 5) is 14.3. The van der Waals surface area contributed by atoms with Crippen LogP contribution in [-0.4, -0.2) is 38.1 Å². The van der Waals surface area contributed by atoms with Crippen molar-refractivity contribution in [2.45, 2.75) is 37.4 Å². The number of nitrogens with zero attached hydrogens (tertiary/aromatic N) is 1. The third-order valence-electron chi connectivity index (χ3n) is 5.93. The van der Waals surface area contributed by atoms with Crippen LogP contribution in [0.15, 0.2) is 36.4 Å². The van der Waals surface area contributed by atoms with E-state index in [-0.39, 0.29) is 5.91 Å². The average molecular weight is 397 g/mol. The lowest BCUT2D eigenvalue weighted by Gasteiger charge is -2.30. The van der Waals surface area contributed by atoms with Crippen molar-refractivity contribution in [3.8, 4) is 5.75 Å². The number of methoxy groups -OCH3 is 1. The Morgan fingerprint density at radius 2 is 2.18 bits per heavy atom. The summed E-state index contributed by atoms with van der Waals surface area (Å²) in [7, 11) is 3.99. The molecule has 148 valence electrons. The standard InChI is InChI=1S/C23H28N2O2S/c1-25(12-11-16-9-10-20-18(13-16)15-28-24-23(20)26)14-17-5-3-7-21-19(17)6-4-8-22(21)27-2/h4,6,8-10,13,17H,3,5,7,11-12,14-15H2,1-2H3,(H,24,26). The number of rotatable bonds is 6. The second kappa shape index (κ2) is 8.58. The molecule has 1 N–H and O–H groups in total. The summed E-state index contributed by atoms with van der Waals surface area (Å²) in [5.41, 5.74) is 6.16. The first-order valence-electron chi connectivity index (χ1n) is 10.0.